The molecule has 112 valence electrons. The summed E-state index contributed by atoms with van der Waals surface area (Å²) >= 11 is 3.03. The van der Waals surface area contributed by atoms with Gasteiger partial charge in [0.2, 0.25) is 5.91 Å². The zero-order valence-electron chi connectivity index (χ0n) is 10.8. The van der Waals surface area contributed by atoms with E-state index in [4.69, 9.17) is 10.8 Å². The number of nitrogens with zero attached hydrogens (tertiary/aromatic N) is 1. The third-order valence-corrected chi connectivity index (χ3v) is 3.96. The predicted molar refractivity (Wildman–Crippen MR) is 73.8 cm³/mol. The van der Waals surface area contributed by atoms with E-state index in [1.54, 1.807) is 0 Å². The highest BCUT2D eigenvalue weighted by molar-refractivity contribution is 9.10. The Bertz CT molecular complexity index is 635. The summed E-state index contributed by atoms with van der Waals surface area (Å²) in [5.74, 6) is -2.99. The van der Waals surface area contributed by atoms with Crippen molar-refractivity contribution in [2.45, 2.75) is 25.4 Å². The van der Waals surface area contributed by atoms with Crippen LogP contribution in [0.1, 0.15) is 28.8 Å². The molecule has 0 saturated carbocycles. The van der Waals surface area contributed by atoms with E-state index < -0.39 is 29.6 Å². The van der Waals surface area contributed by atoms with Gasteiger partial charge in [-0.15, -0.1) is 0 Å². The average Bonchev–Trinajstić information content (AvgIpc) is 2.72. The smallest absolute Gasteiger partial charge is 0.303 e. The number of aliphatic carboxylic acids is 1. The number of hydrogen-bond donors (Lipinski definition) is 2. The van der Waals surface area contributed by atoms with Gasteiger partial charge in [-0.3, -0.25) is 14.4 Å². The lowest BCUT2D eigenvalue weighted by atomic mass is 10.1. The summed E-state index contributed by atoms with van der Waals surface area (Å²) in [6, 6.07) is 1.80. The number of carboxylic acid groups (broad SMARTS) is 1. The molecule has 0 bridgehead atoms. The van der Waals surface area contributed by atoms with E-state index in [9.17, 15) is 18.8 Å². The van der Waals surface area contributed by atoms with Crippen molar-refractivity contribution in [1.29, 1.82) is 0 Å². The van der Waals surface area contributed by atoms with E-state index in [2.05, 4.69) is 15.9 Å². The van der Waals surface area contributed by atoms with Crippen molar-refractivity contribution < 1.29 is 23.9 Å². The Labute approximate surface area is 127 Å². The number of carboxylic acids is 1. The molecular weight excluding hydrogens is 347 g/mol. The van der Waals surface area contributed by atoms with Crippen LogP contribution >= 0.6 is 15.9 Å². The quantitative estimate of drug-likeness (QED) is 0.827. The van der Waals surface area contributed by atoms with Crippen molar-refractivity contribution in [3.63, 3.8) is 0 Å². The second kappa shape index (κ2) is 5.80. The minimum atomic E-state index is -1.10. The van der Waals surface area contributed by atoms with Crippen LogP contribution in [0.25, 0.3) is 0 Å². The topological polar surface area (TPSA) is 101 Å². The molecule has 1 atom stereocenters. The summed E-state index contributed by atoms with van der Waals surface area (Å²) in [7, 11) is 0. The lowest BCUT2D eigenvalue weighted by Gasteiger charge is -2.24. The second-order valence-corrected chi connectivity index (χ2v) is 5.53. The van der Waals surface area contributed by atoms with E-state index in [-0.39, 0.29) is 35.0 Å². The highest BCUT2D eigenvalue weighted by Gasteiger charge is 2.37. The average molecular weight is 359 g/mol. The Hall–Kier alpha value is -1.96. The molecule has 0 saturated heterocycles. The first-order valence-electron chi connectivity index (χ1n) is 6.12. The van der Waals surface area contributed by atoms with Crippen LogP contribution in [0.3, 0.4) is 0 Å². The molecule has 8 heteroatoms. The molecule has 0 fully saturated rings. The fourth-order valence-corrected chi connectivity index (χ4v) is 2.68. The number of fused-ring (bicyclic) bond motifs is 1. The zero-order valence-corrected chi connectivity index (χ0v) is 12.4. The summed E-state index contributed by atoms with van der Waals surface area (Å²) in [5, 5.41) is 8.69. The van der Waals surface area contributed by atoms with Crippen LogP contribution in [0.4, 0.5) is 4.39 Å². The Balaban J connectivity index is 2.30. The molecule has 3 N–H and O–H groups in total. The Morgan fingerprint density at radius 3 is 2.71 bits per heavy atom. The Kier molecular flexibility index (Phi) is 4.26. The maximum absolute atomic E-state index is 14.0. The number of halogens is 2. The number of carbonyl (C=O) groups excluding carboxylic acids is 2. The van der Waals surface area contributed by atoms with E-state index >= 15 is 0 Å². The number of hydrogen-bond acceptors (Lipinski definition) is 3. The summed E-state index contributed by atoms with van der Waals surface area (Å²) < 4.78 is 14.2. The first-order valence-corrected chi connectivity index (χ1v) is 6.91. The molecule has 0 radical (unpaired) electrons. The van der Waals surface area contributed by atoms with Crippen LogP contribution in [0.5, 0.6) is 0 Å². The van der Waals surface area contributed by atoms with Gasteiger partial charge in [-0.05, 0) is 34.5 Å². The van der Waals surface area contributed by atoms with Gasteiger partial charge in [-0.2, -0.15) is 0 Å². The fraction of sp³-hybridized carbons (Fsp3) is 0.308. The van der Waals surface area contributed by atoms with Gasteiger partial charge in [-0.25, -0.2) is 4.39 Å². The van der Waals surface area contributed by atoms with Gasteiger partial charge in [0.05, 0.1) is 11.0 Å². The summed E-state index contributed by atoms with van der Waals surface area (Å²) in [6.07, 6.45) is -0.410. The maximum atomic E-state index is 14.0. The molecule has 1 aliphatic heterocycles. The van der Waals surface area contributed by atoms with Crippen molar-refractivity contribution in [3.8, 4) is 0 Å². The molecular formula is C13H12BrFN2O4. The predicted octanol–water partition coefficient (Wildman–Crippen LogP) is 1.26. The number of primary amides is 1. The molecule has 0 aliphatic carbocycles. The molecule has 2 amide bonds. The van der Waals surface area contributed by atoms with Crippen LogP contribution in [0, 0.1) is 5.82 Å². The standard InChI is InChI=1S/C13H12BrFN2O4/c14-8-2-1-6-7(11(8)15)5-17(13(6)21)9(12(16)20)3-4-10(18)19/h1-2,9H,3-5H2,(H2,16,20)(H,18,19). The normalized spacial score (nSPS) is 15.0. The first-order chi connectivity index (χ1) is 9.82. The second-order valence-electron chi connectivity index (χ2n) is 4.67. The van der Waals surface area contributed by atoms with Gasteiger partial charge in [0, 0.05) is 17.5 Å². The number of rotatable bonds is 5. The summed E-state index contributed by atoms with van der Waals surface area (Å²) in [5.41, 5.74) is 5.58. The van der Waals surface area contributed by atoms with Gasteiger partial charge >= 0.3 is 5.97 Å². The van der Waals surface area contributed by atoms with Crippen molar-refractivity contribution in [2.75, 3.05) is 0 Å². The zero-order chi connectivity index (χ0) is 15.7. The Morgan fingerprint density at radius 1 is 1.48 bits per heavy atom. The van der Waals surface area contributed by atoms with Crippen LogP contribution in [0.15, 0.2) is 16.6 Å². The van der Waals surface area contributed by atoms with Gasteiger partial charge in [0.25, 0.3) is 5.91 Å². The molecule has 21 heavy (non-hydrogen) atoms. The third-order valence-electron chi connectivity index (χ3n) is 3.35. The monoisotopic (exact) mass is 358 g/mol. The van der Waals surface area contributed by atoms with Gasteiger partial charge in [-0.1, -0.05) is 0 Å². The number of nitrogens with two attached hydrogens (primary N) is 1. The fourth-order valence-electron chi connectivity index (χ4n) is 2.31. The highest BCUT2D eigenvalue weighted by Crippen LogP contribution is 2.31. The minimum absolute atomic E-state index is 0.104. The van der Waals surface area contributed by atoms with Gasteiger partial charge in [0.15, 0.2) is 0 Å². The van der Waals surface area contributed by atoms with E-state index in [0.29, 0.717) is 0 Å². The van der Waals surface area contributed by atoms with E-state index in [1.165, 1.54) is 12.1 Å². The largest absolute Gasteiger partial charge is 0.481 e. The van der Waals surface area contributed by atoms with E-state index in [0.717, 1.165) is 4.90 Å². The van der Waals surface area contributed by atoms with Gasteiger partial charge in [0.1, 0.15) is 11.9 Å². The van der Waals surface area contributed by atoms with Crippen molar-refractivity contribution in [1.82, 2.24) is 4.90 Å². The van der Waals surface area contributed by atoms with Crippen LogP contribution in [-0.4, -0.2) is 33.8 Å². The van der Waals surface area contributed by atoms with Crippen molar-refractivity contribution in [3.05, 3.63) is 33.5 Å². The third kappa shape index (κ3) is 2.90. The molecule has 1 unspecified atom stereocenters. The van der Waals surface area contributed by atoms with E-state index in [1.807, 2.05) is 0 Å². The molecule has 2 rings (SSSR count). The summed E-state index contributed by atoms with van der Waals surface area (Å²) in [6.45, 7) is -0.104. The SMILES string of the molecule is NC(=O)C(CCC(=O)O)N1Cc2c(ccc(Br)c2F)C1=O. The number of benzene rings is 1. The highest BCUT2D eigenvalue weighted by atomic mass is 79.9. The summed E-state index contributed by atoms with van der Waals surface area (Å²) in [4.78, 5) is 35.5. The van der Waals surface area contributed by atoms with Crippen molar-refractivity contribution >= 4 is 33.7 Å². The molecule has 0 spiro atoms. The molecule has 1 heterocycles. The molecule has 0 aromatic heterocycles. The maximum Gasteiger partial charge on any atom is 0.303 e. The van der Waals surface area contributed by atoms with Gasteiger partial charge < -0.3 is 15.7 Å². The molecule has 1 aliphatic rings. The minimum Gasteiger partial charge on any atom is -0.481 e. The lowest BCUT2D eigenvalue weighted by molar-refractivity contribution is -0.137. The lowest BCUT2D eigenvalue weighted by Crippen LogP contribution is -2.45. The van der Waals surface area contributed by atoms with Crippen LogP contribution < -0.4 is 5.73 Å². The van der Waals surface area contributed by atoms with Crippen LogP contribution in [-0.2, 0) is 16.1 Å². The van der Waals surface area contributed by atoms with Crippen LogP contribution in [0.2, 0.25) is 0 Å². The molecule has 1 aromatic rings. The Morgan fingerprint density at radius 2 is 2.14 bits per heavy atom. The number of amides is 2. The molecule has 6 nitrogen and oxygen atoms in total. The first kappa shape index (κ1) is 15.4. The number of carbonyl (C=O) groups is 3. The van der Waals surface area contributed by atoms with Crippen molar-refractivity contribution in [2.24, 2.45) is 5.73 Å². The molecule has 1 aromatic carbocycles.